The Balaban J connectivity index is 0.00000162. The first-order valence-corrected chi connectivity index (χ1v) is 6.68. The van der Waals surface area contributed by atoms with E-state index in [2.05, 4.69) is 10.6 Å². The van der Waals surface area contributed by atoms with Crippen LogP contribution < -0.4 is 15.4 Å². The van der Waals surface area contributed by atoms with Crippen LogP contribution in [0.3, 0.4) is 0 Å². The van der Waals surface area contributed by atoms with Crippen molar-refractivity contribution in [1.82, 2.24) is 10.6 Å². The average molecular weight is 291 g/mol. The van der Waals surface area contributed by atoms with Crippen molar-refractivity contribution in [1.29, 1.82) is 0 Å². The highest BCUT2D eigenvalue weighted by atomic mass is 35.5. The predicted molar refractivity (Wildman–Crippen MR) is 76.2 cm³/mol. The summed E-state index contributed by atoms with van der Waals surface area (Å²) < 4.78 is 5.21. The zero-order chi connectivity index (χ0) is 12.3. The number of carbonyl (C=O) groups is 1. The molecule has 4 nitrogen and oxygen atoms in total. The van der Waals surface area contributed by atoms with Crippen molar-refractivity contribution in [3.63, 3.8) is 0 Å². The van der Waals surface area contributed by atoms with Crippen LogP contribution in [0.5, 0.6) is 5.75 Å². The van der Waals surface area contributed by atoms with Gasteiger partial charge >= 0.3 is 0 Å². The largest absolute Gasteiger partial charge is 0.495 e. The van der Waals surface area contributed by atoms with Crippen LogP contribution in [0, 0.1) is 6.92 Å². The number of piperidine rings is 1. The lowest BCUT2D eigenvalue weighted by Crippen LogP contribution is -2.45. The second-order valence-electron chi connectivity index (χ2n) is 4.27. The fourth-order valence-corrected chi connectivity index (χ4v) is 2.91. The average Bonchev–Trinajstić information content (AvgIpc) is 2.72. The van der Waals surface area contributed by atoms with E-state index in [4.69, 9.17) is 4.74 Å². The van der Waals surface area contributed by atoms with Gasteiger partial charge in [-0.15, -0.1) is 23.7 Å². The van der Waals surface area contributed by atoms with Crippen LogP contribution in [0.2, 0.25) is 0 Å². The van der Waals surface area contributed by atoms with E-state index in [1.54, 1.807) is 7.11 Å². The maximum atomic E-state index is 12.1. The molecule has 1 aromatic rings. The highest BCUT2D eigenvalue weighted by Crippen LogP contribution is 2.28. The molecule has 1 saturated heterocycles. The molecule has 1 atom stereocenters. The third-order valence-electron chi connectivity index (χ3n) is 2.88. The number of amides is 1. The van der Waals surface area contributed by atoms with Crippen molar-refractivity contribution >= 4 is 29.7 Å². The normalized spacial score (nSPS) is 18.9. The minimum absolute atomic E-state index is 0. The topological polar surface area (TPSA) is 50.4 Å². The lowest BCUT2D eigenvalue weighted by atomic mass is 10.1. The quantitative estimate of drug-likeness (QED) is 0.895. The Kier molecular flexibility index (Phi) is 5.91. The van der Waals surface area contributed by atoms with Crippen LogP contribution in [0.25, 0.3) is 0 Å². The Morgan fingerprint density at radius 3 is 3.00 bits per heavy atom. The highest BCUT2D eigenvalue weighted by Gasteiger charge is 2.20. The summed E-state index contributed by atoms with van der Waals surface area (Å²) in [6.07, 6.45) is 2.16. The molecule has 6 heteroatoms. The molecular weight excluding hydrogens is 272 g/mol. The van der Waals surface area contributed by atoms with Crippen LogP contribution in [0.4, 0.5) is 0 Å². The molecule has 0 spiro atoms. The van der Waals surface area contributed by atoms with E-state index in [1.807, 2.05) is 13.0 Å². The van der Waals surface area contributed by atoms with Gasteiger partial charge in [0, 0.05) is 17.5 Å². The van der Waals surface area contributed by atoms with Gasteiger partial charge in [0.15, 0.2) is 0 Å². The first kappa shape index (κ1) is 15.3. The van der Waals surface area contributed by atoms with E-state index in [0.717, 1.165) is 30.8 Å². The number of carbonyl (C=O) groups excluding carboxylic acids is 1. The molecule has 0 bridgehead atoms. The number of halogens is 1. The van der Waals surface area contributed by atoms with Crippen molar-refractivity contribution in [2.45, 2.75) is 25.8 Å². The summed E-state index contributed by atoms with van der Waals surface area (Å²) >= 11 is 1.48. The maximum absolute atomic E-state index is 12.1. The van der Waals surface area contributed by atoms with Gasteiger partial charge in [0.1, 0.15) is 10.6 Å². The van der Waals surface area contributed by atoms with Gasteiger partial charge in [-0.25, -0.2) is 0 Å². The fourth-order valence-electron chi connectivity index (χ4n) is 2.03. The maximum Gasteiger partial charge on any atom is 0.265 e. The molecule has 102 valence electrons. The van der Waals surface area contributed by atoms with Crippen molar-refractivity contribution < 1.29 is 9.53 Å². The summed E-state index contributed by atoms with van der Waals surface area (Å²) in [6.45, 7) is 3.89. The lowest BCUT2D eigenvalue weighted by molar-refractivity contribution is 0.0932. The van der Waals surface area contributed by atoms with E-state index < -0.39 is 0 Å². The van der Waals surface area contributed by atoms with E-state index in [0.29, 0.717) is 10.6 Å². The SMILES string of the molecule is COc1cc(C)sc1C(=O)NC1CCCNC1.Cl. The number of methoxy groups -OCH3 is 1. The molecule has 1 fully saturated rings. The number of rotatable bonds is 3. The minimum Gasteiger partial charge on any atom is -0.495 e. The molecule has 1 aliphatic heterocycles. The molecule has 2 rings (SSSR count). The highest BCUT2D eigenvalue weighted by molar-refractivity contribution is 7.14. The first-order valence-electron chi connectivity index (χ1n) is 5.86. The Morgan fingerprint density at radius 2 is 2.39 bits per heavy atom. The van der Waals surface area contributed by atoms with Gasteiger partial charge in [0.05, 0.1) is 7.11 Å². The van der Waals surface area contributed by atoms with Gasteiger partial charge in [-0.2, -0.15) is 0 Å². The second kappa shape index (κ2) is 6.97. The number of hydrogen-bond acceptors (Lipinski definition) is 4. The zero-order valence-electron chi connectivity index (χ0n) is 10.6. The summed E-state index contributed by atoms with van der Waals surface area (Å²) in [6, 6.07) is 2.14. The van der Waals surface area contributed by atoms with Crippen LogP contribution in [0.1, 0.15) is 27.4 Å². The Hall–Kier alpha value is -0.780. The van der Waals surface area contributed by atoms with Crippen molar-refractivity contribution in [3.05, 3.63) is 15.8 Å². The van der Waals surface area contributed by atoms with E-state index in [9.17, 15) is 4.79 Å². The van der Waals surface area contributed by atoms with Crippen molar-refractivity contribution in [2.24, 2.45) is 0 Å². The number of thiophene rings is 1. The lowest BCUT2D eigenvalue weighted by Gasteiger charge is -2.23. The van der Waals surface area contributed by atoms with Gasteiger partial charge in [-0.1, -0.05) is 0 Å². The zero-order valence-corrected chi connectivity index (χ0v) is 12.2. The van der Waals surface area contributed by atoms with Crippen LogP contribution >= 0.6 is 23.7 Å². The number of aryl methyl sites for hydroxylation is 1. The summed E-state index contributed by atoms with van der Waals surface area (Å²) in [4.78, 5) is 13.9. The third-order valence-corrected chi connectivity index (χ3v) is 3.91. The fraction of sp³-hybridized carbons (Fsp3) is 0.583. The van der Waals surface area contributed by atoms with Crippen LogP contribution in [0.15, 0.2) is 6.07 Å². The van der Waals surface area contributed by atoms with Crippen LogP contribution in [-0.2, 0) is 0 Å². The predicted octanol–water partition coefficient (Wildman–Crippen LogP) is 1.97. The molecule has 2 heterocycles. The molecular formula is C12H19ClN2O2S. The monoisotopic (exact) mass is 290 g/mol. The second-order valence-corrected chi connectivity index (χ2v) is 5.53. The third kappa shape index (κ3) is 3.60. The standard InChI is InChI=1S/C12H18N2O2S.ClH/c1-8-6-10(16-2)11(17-8)12(15)14-9-4-3-5-13-7-9;/h6,9,13H,3-5,7H2,1-2H3,(H,14,15);1H. The minimum atomic E-state index is -0.0198. The van der Waals surface area contributed by atoms with Gasteiger partial charge in [0.2, 0.25) is 0 Å². The molecule has 0 radical (unpaired) electrons. The molecule has 18 heavy (non-hydrogen) atoms. The molecule has 2 N–H and O–H groups in total. The Labute approximate surface area is 118 Å². The number of nitrogens with one attached hydrogen (secondary N) is 2. The number of ether oxygens (including phenoxy) is 1. The Bertz CT molecular complexity index is 403. The molecule has 1 aromatic heterocycles. The Morgan fingerprint density at radius 1 is 1.61 bits per heavy atom. The molecule has 1 unspecified atom stereocenters. The smallest absolute Gasteiger partial charge is 0.265 e. The van der Waals surface area contributed by atoms with Crippen molar-refractivity contribution in [2.75, 3.05) is 20.2 Å². The van der Waals surface area contributed by atoms with Gasteiger partial charge in [-0.3, -0.25) is 4.79 Å². The molecule has 0 aromatic carbocycles. The van der Waals surface area contributed by atoms with Gasteiger partial charge in [-0.05, 0) is 32.4 Å². The van der Waals surface area contributed by atoms with Crippen LogP contribution in [-0.4, -0.2) is 32.1 Å². The summed E-state index contributed by atoms with van der Waals surface area (Å²) in [5, 5.41) is 6.34. The van der Waals surface area contributed by atoms with E-state index >= 15 is 0 Å². The first-order chi connectivity index (χ1) is 8.20. The van der Waals surface area contributed by atoms with Crippen molar-refractivity contribution in [3.8, 4) is 5.75 Å². The molecule has 1 aliphatic rings. The van der Waals surface area contributed by atoms with Gasteiger partial charge in [0.25, 0.3) is 5.91 Å². The molecule has 1 amide bonds. The van der Waals surface area contributed by atoms with E-state index in [1.165, 1.54) is 11.3 Å². The summed E-state index contributed by atoms with van der Waals surface area (Å²) in [7, 11) is 1.60. The van der Waals surface area contributed by atoms with Gasteiger partial charge < -0.3 is 15.4 Å². The molecule has 0 aliphatic carbocycles. The molecule has 0 saturated carbocycles. The summed E-state index contributed by atoms with van der Waals surface area (Å²) in [5.41, 5.74) is 0. The summed E-state index contributed by atoms with van der Waals surface area (Å²) in [5.74, 6) is 0.655. The van der Waals surface area contributed by atoms with E-state index in [-0.39, 0.29) is 24.4 Å². The number of hydrogen-bond donors (Lipinski definition) is 2.